The second-order valence-electron chi connectivity index (χ2n) is 4.00. The van der Waals surface area contributed by atoms with Crippen LogP contribution in [0.4, 0.5) is 4.39 Å². The third kappa shape index (κ3) is 2.31. The minimum absolute atomic E-state index is 0.0771. The number of nitrogens with one attached hydrogen (secondary N) is 1. The number of hydrogen-bond donors (Lipinski definition) is 2. The van der Waals surface area contributed by atoms with Gasteiger partial charge in [0.2, 0.25) is 0 Å². The molecule has 1 heterocycles. The molecule has 3 N–H and O–H groups in total. The van der Waals surface area contributed by atoms with Crippen LogP contribution in [-0.2, 0) is 0 Å². The van der Waals surface area contributed by atoms with Crippen molar-refractivity contribution in [3.63, 3.8) is 0 Å². The molecule has 0 spiro atoms. The highest BCUT2D eigenvalue weighted by atomic mass is 32.2. The predicted octanol–water partition coefficient (Wildman–Crippen LogP) is 2.47. The Morgan fingerprint density at radius 1 is 1.37 bits per heavy atom. The molecule has 4 nitrogen and oxygen atoms in total. The lowest BCUT2D eigenvalue weighted by Gasteiger charge is -2.27. The van der Waals surface area contributed by atoms with Crippen molar-refractivity contribution in [3.05, 3.63) is 46.2 Å². The van der Waals surface area contributed by atoms with Crippen molar-refractivity contribution in [2.75, 3.05) is 0 Å². The van der Waals surface area contributed by atoms with Crippen LogP contribution in [-0.4, -0.2) is 5.04 Å². The average molecular weight is 272 g/mol. The molecule has 0 saturated heterocycles. The number of rotatable bonds is 1. The quantitative estimate of drug-likeness (QED) is 0.820. The summed E-state index contributed by atoms with van der Waals surface area (Å²) >= 11 is 0.911. The molecule has 19 heavy (non-hydrogen) atoms. The summed E-state index contributed by atoms with van der Waals surface area (Å²) in [6.45, 7) is 0. The minimum Gasteiger partial charge on any atom is -0.392 e. The third-order valence-electron chi connectivity index (χ3n) is 2.88. The lowest BCUT2D eigenvalue weighted by Crippen LogP contribution is -2.26. The van der Waals surface area contributed by atoms with Gasteiger partial charge in [0.25, 0.3) is 0 Å². The normalized spacial score (nSPS) is 22.8. The van der Waals surface area contributed by atoms with Crippen molar-refractivity contribution in [2.45, 2.75) is 5.92 Å². The van der Waals surface area contributed by atoms with Crippen LogP contribution in [0.15, 0.2) is 34.9 Å². The van der Waals surface area contributed by atoms with Gasteiger partial charge in [-0.05, 0) is 17.7 Å². The zero-order chi connectivity index (χ0) is 14.0. The van der Waals surface area contributed by atoms with Crippen molar-refractivity contribution in [1.29, 1.82) is 15.9 Å². The molecule has 1 aliphatic rings. The first-order chi connectivity index (χ1) is 9.08. The Hall–Kier alpha value is -2.31. The van der Waals surface area contributed by atoms with Crippen molar-refractivity contribution >= 4 is 16.8 Å². The van der Waals surface area contributed by atoms with Gasteiger partial charge in [-0.2, -0.15) is 10.5 Å². The van der Waals surface area contributed by atoms with Gasteiger partial charge in [-0.1, -0.05) is 23.9 Å². The highest BCUT2D eigenvalue weighted by Crippen LogP contribution is 2.42. The van der Waals surface area contributed by atoms with E-state index in [1.54, 1.807) is 6.07 Å². The maximum absolute atomic E-state index is 13.3. The molecule has 0 aromatic heterocycles. The van der Waals surface area contributed by atoms with E-state index in [9.17, 15) is 14.9 Å². The number of hydrogen-bond acceptors (Lipinski definition) is 5. The number of nitrogens with two attached hydrogens (primary N) is 1. The summed E-state index contributed by atoms with van der Waals surface area (Å²) in [7, 11) is 0. The summed E-state index contributed by atoms with van der Waals surface area (Å²) in [6.07, 6.45) is 0. The predicted molar refractivity (Wildman–Crippen MR) is 70.4 cm³/mol. The average Bonchev–Trinajstić information content (AvgIpc) is 2.38. The van der Waals surface area contributed by atoms with Crippen LogP contribution in [0.2, 0.25) is 0 Å². The molecule has 1 aromatic carbocycles. The first kappa shape index (κ1) is 13.1. The molecule has 1 aromatic rings. The fraction of sp³-hybridized carbons (Fsp3) is 0.154. The molecule has 2 atom stereocenters. The minimum atomic E-state index is -0.811. The molecule has 94 valence electrons. The second-order valence-corrected chi connectivity index (χ2v) is 5.08. The van der Waals surface area contributed by atoms with Crippen molar-refractivity contribution in [1.82, 2.24) is 0 Å². The van der Waals surface area contributed by atoms with Crippen LogP contribution < -0.4 is 5.73 Å². The number of halogens is 1. The van der Waals surface area contributed by atoms with Crippen molar-refractivity contribution in [3.8, 4) is 12.1 Å². The first-order valence-corrected chi connectivity index (χ1v) is 6.21. The van der Waals surface area contributed by atoms with Gasteiger partial charge in [0.1, 0.15) is 11.7 Å². The van der Waals surface area contributed by atoms with Crippen LogP contribution in [0, 0.1) is 39.8 Å². The monoisotopic (exact) mass is 272 g/mol. The summed E-state index contributed by atoms with van der Waals surface area (Å²) in [5, 5.41) is 26.5. The van der Waals surface area contributed by atoms with Gasteiger partial charge < -0.3 is 5.73 Å². The van der Waals surface area contributed by atoms with Crippen LogP contribution in [0.5, 0.6) is 0 Å². The summed E-state index contributed by atoms with van der Waals surface area (Å²) in [5.74, 6) is -1.94. The number of thioether (sulfide) groups is 1. The molecule has 0 bridgehead atoms. The largest absolute Gasteiger partial charge is 0.392 e. The van der Waals surface area contributed by atoms with E-state index in [4.69, 9.17) is 11.1 Å². The fourth-order valence-corrected chi connectivity index (χ4v) is 2.86. The maximum atomic E-state index is 13.3. The molecule has 0 amide bonds. The number of nitriles is 2. The molecular weight excluding hydrogens is 263 g/mol. The molecule has 0 saturated carbocycles. The number of allylic oxidation sites excluding steroid dienone is 1. The number of benzene rings is 1. The van der Waals surface area contributed by atoms with E-state index in [1.807, 2.05) is 12.1 Å². The molecule has 0 aliphatic carbocycles. The molecule has 0 radical (unpaired) electrons. The Labute approximate surface area is 113 Å². The molecule has 0 unspecified atom stereocenters. The maximum Gasteiger partial charge on any atom is 0.123 e. The SMILES string of the molecule is N#CC1=C(N)SC(=N)[C@H](C#N)[C@H]1c1cccc(F)c1. The van der Waals surface area contributed by atoms with Crippen LogP contribution in [0.25, 0.3) is 0 Å². The Bertz CT molecular complexity index is 653. The Morgan fingerprint density at radius 2 is 2.11 bits per heavy atom. The fourth-order valence-electron chi connectivity index (χ4n) is 2.03. The van der Waals surface area contributed by atoms with Gasteiger partial charge in [0.15, 0.2) is 0 Å². The van der Waals surface area contributed by atoms with E-state index in [1.165, 1.54) is 18.2 Å². The van der Waals surface area contributed by atoms with E-state index in [-0.39, 0.29) is 15.6 Å². The first-order valence-electron chi connectivity index (χ1n) is 5.39. The highest BCUT2D eigenvalue weighted by Gasteiger charge is 2.37. The van der Waals surface area contributed by atoms with E-state index in [0.29, 0.717) is 5.56 Å². The highest BCUT2D eigenvalue weighted by molar-refractivity contribution is 8.17. The lowest BCUT2D eigenvalue weighted by atomic mass is 9.82. The topological polar surface area (TPSA) is 97.4 Å². The van der Waals surface area contributed by atoms with Gasteiger partial charge in [0.05, 0.1) is 27.8 Å². The van der Waals surface area contributed by atoms with E-state index < -0.39 is 17.7 Å². The van der Waals surface area contributed by atoms with Gasteiger partial charge in [-0.25, -0.2) is 4.39 Å². The summed E-state index contributed by atoms with van der Waals surface area (Å²) in [6, 6.07) is 9.66. The standard InChI is InChI=1S/C13H9FN4S/c14-8-3-1-2-7(4-8)11-9(5-15)12(17)19-13(18)10(11)6-16/h1-4,9,11,17H,18H2/t9-,11-/m1/s1. The lowest BCUT2D eigenvalue weighted by molar-refractivity contribution is 0.620. The van der Waals surface area contributed by atoms with Crippen LogP contribution >= 0.6 is 11.8 Å². The Kier molecular flexibility index (Phi) is 3.55. The zero-order valence-corrected chi connectivity index (χ0v) is 10.5. The van der Waals surface area contributed by atoms with E-state index in [0.717, 1.165) is 11.8 Å². The van der Waals surface area contributed by atoms with E-state index >= 15 is 0 Å². The molecule has 6 heteroatoms. The molecule has 2 rings (SSSR count). The van der Waals surface area contributed by atoms with Gasteiger partial charge >= 0.3 is 0 Å². The molecular formula is C13H9FN4S. The summed E-state index contributed by atoms with van der Waals surface area (Å²) < 4.78 is 13.3. The van der Waals surface area contributed by atoms with Crippen molar-refractivity contribution in [2.24, 2.45) is 11.7 Å². The van der Waals surface area contributed by atoms with Crippen LogP contribution in [0.3, 0.4) is 0 Å². The molecule has 0 fully saturated rings. The number of nitrogens with zero attached hydrogens (tertiary/aromatic N) is 2. The van der Waals surface area contributed by atoms with Crippen LogP contribution in [0.1, 0.15) is 11.5 Å². The Balaban J connectivity index is 2.62. The second kappa shape index (κ2) is 5.13. The van der Waals surface area contributed by atoms with Gasteiger partial charge in [0, 0.05) is 5.92 Å². The van der Waals surface area contributed by atoms with Gasteiger partial charge in [-0.15, -0.1) is 0 Å². The summed E-state index contributed by atoms with van der Waals surface area (Å²) in [5.41, 5.74) is 6.44. The van der Waals surface area contributed by atoms with E-state index in [2.05, 4.69) is 0 Å². The third-order valence-corrected chi connectivity index (χ3v) is 3.79. The Morgan fingerprint density at radius 3 is 2.68 bits per heavy atom. The smallest absolute Gasteiger partial charge is 0.123 e. The zero-order valence-electron chi connectivity index (χ0n) is 9.72. The van der Waals surface area contributed by atoms with Crippen molar-refractivity contribution < 1.29 is 4.39 Å². The van der Waals surface area contributed by atoms with Gasteiger partial charge in [-0.3, -0.25) is 5.41 Å². The molecule has 1 aliphatic heterocycles. The summed E-state index contributed by atoms with van der Waals surface area (Å²) in [4.78, 5) is 0.